The number of nitrogens with zero attached hydrogens (tertiary/aromatic N) is 1. The van der Waals surface area contributed by atoms with Crippen LogP contribution in [0.15, 0.2) is 60.2 Å². The number of rotatable bonds is 7. The topological polar surface area (TPSA) is 118 Å². The molecule has 0 aliphatic rings. The number of benzene rings is 2. The fourth-order valence-electron chi connectivity index (χ4n) is 2.46. The van der Waals surface area contributed by atoms with Gasteiger partial charge in [0.15, 0.2) is 0 Å². The van der Waals surface area contributed by atoms with E-state index in [2.05, 4.69) is 10.6 Å². The third-order valence-electron chi connectivity index (χ3n) is 3.91. The lowest BCUT2D eigenvalue weighted by molar-refractivity contribution is -0.152. The molecule has 8 nitrogen and oxygen atoms in total. The standard InChI is InChI=1S/C22H21N3O5/c1-3-24-22(28)25-20(26)19(16-7-5-4-6-8-16)30-21(27)17(14-23)13-15-9-11-18(29-2)12-10-15/h4-13,19H,3H2,1-2H3,(H2,24,25,26,28)/b17-13+/t19-/m1/s1. The summed E-state index contributed by atoms with van der Waals surface area (Å²) in [5.74, 6) is -1.20. The Morgan fingerprint density at radius 1 is 1.10 bits per heavy atom. The summed E-state index contributed by atoms with van der Waals surface area (Å²) in [4.78, 5) is 36.8. The average Bonchev–Trinajstić information content (AvgIpc) is 2.76. The summed E-state index contributed by atoms with van der Waals surface area (Å²) >= 11 is 0. The fraction of sp³-hybridized carbons (Fsp3) is 0.182. The molecule has 1 atom stereocenters. The second-order valence-electron chi connectivity index (χ2n) is 5.99. The molecule has 0 unspecified atom stereocenters. The molecule has 0 bridgehead atoms. The fourth-order valence-corrected chi connectivity index (χ4v) is 2.46. The molecular formula is C22H21N3O5. The van der Waals surface area contributed by atoms with E-state index in [0.717, 1.165) is 0 Å². The van der Waals surface area contributed by atoms with Gasteiger partial charge in [-0.1, -0.05) is 42.5 Å². The van der Waals surface area contributed by atoms with Crippen LogP contribution in [0, 0.1) is 11.3 Å². The summed E-state index contributed by atoms with van der Waals surface area (Å²) in [7, 11) is 1.53. The zero-order valence-electron chi connectivity index (χ0n) is 16.5. The number of nitrogens with one attached hydrogen (secondary N) is 2. The Kier molecular flexibility index (Phi) is 8.15. The van der Waals surface area contributed by atoms with Gasteiger partial charge in [-0.15, -0.1) is 0 Å². The number of esters is 1. The highest BCUT2D eigenvalue weighted by Gasteiger charge is 2.27. The molecule has 2 N–H and O–H groups in total. The second-order valence-corrected chi connectivity index (χ2v) is 5.99. The van der Waals surface area contributed by atoms with E-state index >= 15 is 0 Å². The molecule has 0 saturated heterocycles. The molecule has 0 aromatic heterocycles. The van der Waals surface area contributed by atoms with Crippen molar-refractivity contribution >= 4 is 24.0 Å². The largest absolute Gasteiger partial charge is 0.497 e. The van der Waals surface area contributed by atoms with Gasteiger partial charge in [0.05, 0.1) is 7.11 Å². The van der Waals surface area contributed by atoms with Gasteiger partial charge >= 0.3 is 12.0 Å². The van der Waals surface area contributed by atoms with E-state index in [1.165, 1.54) is 13.2 Å². The number of hydrogen-bond donors (Lipinski definition) is 2. The van der Waals surface area contributed by atoms with Crippen LogP contribution < -0.4 is 15.4 Å². The van der Waals surface area contributed by atoms with Crippen molar-refractivity contribution in [1.29, 1.82) is 5.26 Å². The Labute approximate surface area is 174 Å². The summed E-state index contributed by atoms with van der Waals surface area (Å²) in [5, 5.41) is 13.9. The number of urea groups is 1. The summed E-state index contributed by atoms with van der Waals surface area (Å²) in [5.41, 5.74) is 0.633. The van der Waals surface area contributed by atoms with Crippen molar-refractivity contribution in [3.8, 4) is 11.8 Å². The second kappa shape index (κ2) is 11.0. The minimum absolute atomic E-state index is 0.299. The Morgan fingerprint density at radius 2 is 1.77 bits per heavy atom. The molecule has 3 amide bonds. The van der Waals surface area contributed by atoms with Crippen LogP contribution in [0.2, 0.25) is 0 Å². The minimum Gasteiger partial charge on any atom is -0.497 e. The molecule has 2 aromatic carbocycles. The lowest BCUT2D eigenvalue weighted by Crippen LogP contribution is -2.42. The first-order valence-corrected chi connectivity index (χ1v) is 9.09. The van der Waals surface area contributed by atoms with E-state index in [0.29, 0.717) is 23.4 Å². The van der Waals surface area contributed by atoms with Gasteiger partial charge in [0.2, 0.25) is 6.10 Å². The molecule has 0 saturated carbocycles. The quantitative estimate of drug-likeness (QED) is 0.414. The zero-order chi connectivity index (χ0) is 21.9. The molecule has 30 heavy (non-hydrogen) atoms. The maximum absolute atomic E-state index is 12.6. The molecular weight excluding hydrogens is 386 g/mol. The van der Waals surface area contributed by atoms with Gasteiger partial charge in [0.1, 0.15) is 17.4 Å². The molecule has 2 rings (SSSR count). The summed E-state index contributed by atoms with van der Waals surface area (Å²) < 4.78 is 10.4. The Morgan fingerprint density at radius 3 is 2.33 bits per heavy atom. The first-order chi connectivity index (χ1) is 14.5. The highest BCUT2D eigenvalue weighted by molar-refractivity contribution is 6.01. The lowest BCUT2D eigenvalue weighted by atomic mass is 10.1. The molecule has 0 aliphatic carbocycles. The van der Waals surface area contributed by atoms with Crippen LogP contribution in [-0.2, 0) is 14.3 Å². The number of carbonyl (C=O) groups is 3. The first-order valence-electron chi connectivity index (χ1n) is 9.09. The molecule has 0 heterocycles. The molecule has 0 radical (unpaired) electrons. The maximum Gasteiger partial charge on any atom is 0.350 e. The van der Waals surface area contributed by atoms with Crippen LogP contribution in [0.4, 0.5) is 4.79 Å². The van der Waals surface area contributed by atoms with Crippen molar-refractivity contribution in [2.45, 2.75) is 13.0 Å². The third-order valence-corrected chi connectivity index (χ3v) is 3.91. The highest BCUT2D eigenvalue weighted by atomic mass is 16.5. The predicted octanol–water partition coefficient (Wildman–Crippen LogP) is 2.73. The average molecular weight is 407 g/mol. The van der Waals surface area contributed by atoms with E-state index in [1.807, 2.05) is 0 Å². The van der Waals surface area contributed by atoms with Gasteiger partial charge in [0, 0.05) is 12.1 Å². The van der Waals surface area contributed by atoms with Crippen LogP contribution >= 0.6 is 0 Å². The van der Waals surface area contributed by atoms with Crippen molar-refractivity contribution in [1.82, 2.24) is 10.6 Å². The van der Waals surface area contributed by atoms with E-state index in [-0.39, 0.29) is 5.57 Å². The first kappa shape index (κ1) is 22.2. The van der Waals surface area contributed by atoms with E-state index < -0.39 is 24.0 Å². The number of ether oxygens (including phenoxy) is 2. The van der Waals surface area contributed by atoms with E-state index in [9.17, 15) is 19.6 Å². The van der Waals surface area contributed by atoms with Gasteiger partial charge in [-0.25, -0.2) is 9.59 Å². The number of nitriles is 1. The van der Waals surface area contributed by atoms with Gasteiger partial charge < -0.3 is 14.8 Å². The van der Waals surface area contributed by atoms with Crippen molar-refractivity contribution in [2.75, 3.05) is 13.7 Å². The normalized spacial score (nSPS) is 11.6. The molecule has 0 fully saturated rings. The monoisotopic (exact) mass is 407 g/mol. The van der Waals surface area contributed by atoms with E-state index in [1.54, 1.807) is 67.6 Å². The Balaban J connectivity index is 2.25. The molecule has 8 heteroatoms. The van der Waals surface area contributed by atoms with Crippen LogP contribution in [0.1, 0.15) is 24.2 Å². The lowest BCUT2D eigenvalue weighted by Gasteiger charge is -2.17. The summed E-state index contributed by atoms with van der Waals surface area (Å²) in [6.07, 6.45) is -0.0696. The number of imide groups is 1. The van der Waals surface area contributed by atoms with Crippen molar-refractivity contribution in [3.05, 3.63) is 71.3 Å². The SMILES string of the molecule is CCNC(=O)NC(=O)[C@H](OC(=O)/C(C#N)=C/c1ccc(OC)cc1)c1ccccc1. The number of methoxy groups -OCH3 is 1. The minimum atomic E-state index is -1.41. The van der Waals surface area contributed by atoms with Crippen molar-refractivity contribution in [2.24, 2.45) is 0 Å². The van der Waals surface area contributed by atoms with Gasteiger partial charge in [-0.3, -0.25) is 10.1 Å². The number of carbonyl (C=O) groups excluding carboxylic acids is 3. The maximum atomic E-state index is 12.6. The molecule has 154 valence electrons. The number of hydrogen-bond acceptors (Lipinski definition) is 6. The summed E-state index contributed by atoms with van der Waals surface area (Å²) in [6.45, 7) is 2.01. The van der Waals surface area contributed by atoms with Crippen LogP contribution in [-0.4, -0.2) is 31.6 Å². The molecule has 2 aromatic rings. The molecule has 0 spiro atoms. The zero-order valence-corrected chi connectivity index (χ0v) is 16.5. The van der Waals surface area contributed by atoms with Crippen LogP contribution in [0.3, 0.4) is 0 Å². The van der Waals surface area contributed by atoms with Gasteiger partial charge in [0.25, 0.3) is 5.91 Å². The summed E-state index contributed by atoms with van der Waals surface area (Å²) in [6, 6.07) is 16.0. The van der Waals surface area contributed by atoms with Gasteiger partial charge in [-0.2, -0.15) is 5.26 Å². The third kappa shape index (κ3) is 6.21. The van der Waals surface area contributed by atoms with E-state index in [4.69, 9.17) is 9.47 Å². The Bertz CT molecular complexity index is 963. The van der Waals surface area contributed by atoms with Crippen LogP contribution in [0.5, 0.6) is 5.75 Å². The Hall–Kier alpha value is -4.12. The smallest absolute Gasteiger partial charge is 0.350 e. The van der Waals surface area contributed by atoms with Crippen molar-refractivity contribution in [3.63, 3.8) is 0 Å². The predicted molar refractivity (Wildman–Crippen MR) is 109 cm³/mol. The number of amides is 3. The highest BCUT2D eigenvalue weighted by Crippen LogP contribution is 2.20. The van der Waals surface area contributed by atoms with Crippen LogP contribution in [0.25, 0.3) is 6.08 Å². The van der Waals surface area contributed by atoms with Crippen molar-refractivity contribution < 1.29 is 23.9 Å². The van der Waals surface area contributed by atoms with Gasteiger partial charge in [-0.05, 0) is 30.7 Å². The molecule has 0 aliphatic heterocycles.